The molecule has 0 saturated heterocycles. The van der Waals surface area contributed by atoms with Crippen molar-refractivity contribution in [3.63, 3.8) is 0 Å². The lowest BCUT2D eigenvalue weighted by Gasteiger charge is -1.85. The van der Waals surface area contributed by atoms with Gasteiger partial charge >= 0.3 is 0 Å². The van der Waals surface area contributed by atoms with Crippen LogP contribution in [0.5, 0.6) is 0 Å². The maximum atomic E-state index is 4.08. The van der Waals surface area contributed by atoms with Gasteiger partial charge in [-0.05, 0) is 41.8 Å². The lowest BCUT2D eigenvalue weighted by atomic mass is 10.6. The van der Waals surface area contributed by atoms with E-state index in [-0.39, 0.29) is 0 Å². The zero-order chi connectivity index (χ0) is 8.53. The molecule has 0 unspecified atom stereocenters. The van der Waals surface area contributed by atoms with Crippen LogP contribution in [0.1, 0.15) is 6.92 Å². The van der Waals surface area contributed by atoms with Gasteiger partial charge in [-0.1, -0.05) is 12.7 Å². The summed E-state index contributed by atoms with van der Waals surface area (Å²) in [6.07, 6.45) is 8.87. The minimum Gasteiger partial charge on any atom is -0.367 e. The molecule has 2 nitrogen and oxygen atoms in total. The van der Waals surface area contributed by atoms with Crippen LogP contribution in [-0.2, 0) is 0 Å². The Morgan fingerprint density at radius 3 is 2.91 bits per heavy atom. The summed E-state index contributed by atoms with van der Waals surface area (Å²) in [5.41, 5.74) is 0. The van der Waals surface area contributed by atoms with Gasteiger partial charge in [-0.25, -0.2) is 4.99 Å². The Morgan fingerprint density at radius 1 is 1.64 bits per heavy atom. The van der Waals surface area contributed by atoms with Crippen LogP contribution in [0.4, 0.5) is 0 Å². The van der Waals surface area contributed by atoms with Crippen LogP contribution in [0.25, 0.3) is 0 Å². The predicted octanol–water partition coefficient (Wildman–Crippen LogP) is 2.60. The molecule has 1 N–H and O–H groups in total. The van der Waals surface area contributed by atoms with E-state index >= 15 is 0 Å². The molecule has 0 spiro atoms. The Balaban J connectivity index is 3.80. The monoisotopic (exact) mass is 262 g/mol. The highest BCUT2D eigenvalue weighted by molar-refractivity contribution is 14.1. The Labute approximate surface area is 80.9 Å². The lowest BCUT2D eigenvalue weighted by molar-refractivity contribution is 1.19. The number of nitrogens with zero attached hydrogens (tertiary/aromatic N) is 1. The van der Waals surface area contributed by atoms with Crippen molar-refractivity contribution >= 4 is 26.3 Å². The van der Waals surface area contributed by atoms with Gasteiger partial charge in [-0.2, -0.15) is 0 Å². The molecule has 0 bridgehead atoms. The molecule has 0 aliphatic heterocycles. The molecule has 0 aromatic heterocycles. The average Bonchev–Trinajstić information content (AvgIpc) is 1.99. The van der Waals surface area contributed by atoms with Crippen LogP contribution in [-0.4, -0.2) is 3.72 Å². The maximum Gasteiger partial charge on any atom is 0.101 e. The van der Waals surface area contributed by atoms with Crippen molar-refractivity contribution in [2.24, 2.45) is 4.99 Å². The first-order valence-electron chi connectivity index (χ1n) is 3.19. The summed E-state index contributed by atoms with van der Waals surface area (Å²) in [5, 5.41) is 2.79. The van der Waals surface area contributed by atoms with Crippen LogP contribution < -0.4 is 5.32 Å². The molecule has 0 aromatic carbocycles. The molecule has 60 valence electrons. The number of hydrogen-bond acceptors (Lipinski definition) is 2. The van der Waals surface area contributed by atoms with Crippen molar-refractivity contribution in [2.45, 2.75) is 6.92 Å². The summed E-state index contributed by atoms with van der Waals surface area (Å²) in [5.74, 6) is 0. The Bertz CT molecular complexity index is 192. The highest BCUT2D eigenvalue weighted by Crippen LogP contribution is 1.93. The van der Waals surface area contributed by atoms with Gasteiger partial charge in [0.2, 0.25) is 0 Å². The van der Waals surface area contributed by atoms with Gasteiger partial charge in [0.15, 0.2) is 0 Å². The largest absolute Gasteiger partial charge is 0.367 e. The molecule has 0 heterocycles. The minimum atomic E-state index is 0.951. The molecule has 0 rings (SSSR count). The predicted molar refractivity (Wildman–Crippen MR) is 58.7 cm³/mol. The fourth-order valence-electron chi connectivity index (χ4n) is 0.400. The SMILES string of the molecule is C=CN\C=C/N=C(I)\C=C/C. The van der Waals surface area contributed by atoms with E-state index in [1.807, 2.05) is 19.1 Å². The first kappa shape index (κ1) is 10.4. The third kappa shape index (κ3) is 7.32. The highest BCUT2D eigenvalue weighted by Gasteiger charge is 1.78. The fraction of sp³-hybridized carbons (Fsp3) is 0.125. The average molecular weight is 262 g/mol. The second-order valence-electron chi connectivity index (χ2n) is 1.64. The second-order valence-corrected chi connectivity index (χ2v) is 2.74. The zero-order valence-corrected chi connectivity index (χ0v) is 8.58. The summed E-state index contributed by atoms with van der Waals surface area (Å²) < 4.78 is 0.951. The van der Waals surface area contributed by atoms with Crippen molar-refractivity contribution in [3.05, 3.63) is 37.3 Å². The molecule has 0 aliphatic rings. The van der Waals surface area contributed by atoms with E-state index in [0.717, 1.165) is 3.72 Å². The minimum absolute atomic E-state index is 0.951. The fourth-order valence-corrected chi connectivity index (χ4v) is 0.921. The topological polar surface area (TPSA) is 24.4 Å². The van der Waals surface area contributed by atoms with Crippen molar-refractivity contribution < 1.29 is 0 Å². The van der Waals surface area contributed by atoms with Crippen LogP contribution in [0.15, 0.2) is 42.3 Å². The van der Waals surface area contributed by atoms with E-state index in [1.54, 1.807) is 18.6 Å². The molecule has 0 atom stereocenters. The van der Waals surface area contributed by atoms with Gasteiger partial charge in [-0.3, -0.25) is 0 Å². The van der Waals surface area contributed by atoms with Crippen molar-refractivity contribution in [1.29, 1.82) is 0 Å². The summed E-state index contributed by atoms with van der Waals surface area (Å²) in [6.45, 7) is 5.45. The zero-order valence-electron chi connectivity index (χ0n) is 6.42. The van der Waals surface area contributed by atoms with Crippen LogP contribution in [0.2, 0.25) is 0 Å². The molecule has 0 fully saturated rings. The van der Waals surface area contributed by atoms with Crippen LogP contribution in [0.3, 0.4) is 0 Å². The van der Waals surface area contributed by atoms with E-state index in [1.165, 1.54) is 0 Å². The normalized spacial score (nSPS) is 12.7. The van der Waals surface area contributed by atoms with E-state index in [0.29, 0.717) is 0 Å². The van der Waals surface area contributed by atoms with Gasteiger partial charge < -0.3 is 5.32 Å². The number of halogens is 1. The highest BCUT2D eigenvalue weighted by atomic mass is 127. The van der Waals surface area contributed by atoms with Crippen molar-refractivity contribution in [2.75, 3.05) is 0 Å². The first-order valence-corrected chi connectivity index (χ1v) is 4.27. The second kappa shape index (κ2) is 7.53. The number of allylic oxidation sites excluding steroid dienone is 2. The molecular formula is C8H11IN2. The van der Waals surface area contributed by atoms with Crippen LogP contribution >= 0.6 is 22.6 Å². The summed E-state index contributed by atoms with van der Waals surface area (Å²) in [6, 6.07) is 0. The molecule has 0 radical (unpaired) electrons. The Morgan fingerprint density at radius 2 is 2.36 bits per heavy atom. The molecule has 0 aromatic rings. The molecule has 0 aliphatic carbocycles. The molecule has 0 saturated carbocycles. The standard InChI is InChI=1S/C8H11IN2/c1-3-5-8(9)11-7-6-10-4-2/h3-7,10H,2H2,1H3/b5-3-,7-6-,11-8+. The third-order valence-electron chi connectivity index (χ3n) is 0.791. The Hall–Kier alpha value is -0.580. The quantitative estimate of drug-likeness (QED) is 0.611. The lowest BCUT2D eigenvalue weighted by Crippen LogP contribution is -1.88. The number of rotatable bonds is 4. The van der Waals surface area contributed by atoms with Gasteiger partial charge in [0, 0.05) is 12.4 Å². The summed E-state index contributed by atoms with van der Waals surface area (Å²) in [7, 11) is 0. The molecule has 11 heavy (non-hydrogen) atoms. The summed E-state index contributed by atoms with van der Waals surface area (Å²) in [4.78, 5) is 4.08. The summed E-state index contributed by atoms with van der Waals surface area (Å²) >= 11 is 2.15. The molecule has 0 amide bonds. The number of nitrogens with one attached hydrogen (secondary N) is 1. The van der Waals surface area contributed by atoms with E-state index in [4.69, 9.17) is 0 Å². The van der Waals surface area contributed by atoms with E-state index in [2.05, 4.69) is 39.5 Å². The van der Waals surface area contributed by atoms with Gasteiger partial charge in [0.05, 0.1) is 0 Å². The number of hydrogen-bond donors (Lipinski definition) is 1. The van der Waals surface area contributed by atoms with Gasteiger partial charge in [0.25, 0.3) is 0 Å². The van der Waals surface area contributed by atoms with Gasteiger partial charge in [0.1, 0.15) is 3.72 Å². The van der Waals surface area contributed by atoms with Crippen molar-refractivity contribution in [1.82, 2.24) is 5.32 Å². The smallest absolute Gasteiger partial charge is 0.101 e. The third-order valence-corrected chi connectivity index (χ3v) is 1.43. The van der Waals surface area contributed by atoms with Crippen molar-refractivity contribution in [3.8, 4) is 0 Å². The van der Waals surface area contributed by atoms with Gasteiger partial charge in [-0.15, -0.1) is 0 Å². The first-order chi connectivity index (χ1) is 5.31. The number of aliphatic imine (C=N–C) groups is 1. The molecule has 3 heteroatoms. The van der Waals surface area contributed by atoms with E-state index < -0.39 is 0 Å². The Kier molecular flexibility index (Phi) is 7.13. The maximum absolute atomic E-state index is 4.08. The van der Waals surface area contributed by atoms with Crippen LogP contribution in [0, 0.1) is 0 Å². The van der Waals surface area contributed by atoms with E-state index in [9.17, 15) is 0 Å². The molecular weight excluding hydrogens is 251 g/mol.